The maximum absolute atomic E-state index is 6.17. The topological polar surface area (TPSA) is 12.0 Å². The maximum atomic E-state index is 6.17. The quantitative estimate of drug-likeness (QED) is 0.765. The summed E-state index contributed by atoms with van der Waals surface area (Å²) in [6.07, 6.45) is 1.07. The van der Waals surface area contributed by atoms with Gasteiger partial charge in [-0.3, -0.25) is 0 Å². The average Bonchev–Trinajstić information content (AvgIpc) is 2.82. The van der Waals surface area contributed by atoms with Crippen LogP contribution >= 0.6 is 35.6 Å². The Kier molecular flexibility index (Phi) is 5.56. The first-order valence-electron chi connectivity index (χ1n) is 6.98. The summed E-state index contributed by atoms with van der Waals surface area (Å²) < 4.78 is 0. The van der Waals surface area contributed by atoms with Gasteiger partial charge in [-0.05, 0) is 41.8 Å². The van der Waals surface area contributed by atoms with Crippen molar-refractivity contribution in [2.75, 3.05) is 6.54 Å². The van der Waals surface area contributed by atoms with Gasteiger partial charge in [-0.25, -0.2) is 0 Å². The first-order chi connectivity index (χ1) is 9.70. The van der Waals surface area contributed by atoms with Gasteiger partial charge < -0.3 is 5.32 Å². The van der Waals surface area contributed by atoms with E-state index < -0.39 is 0 Å². The zero-order valence-electron chi connectivity index (χ0n) is 11.8. The molecule has 1 N–H and O–H groups in total. The predicted octanol–water partition coefficient (Wildman–Crippen LogP) is 5.60. The summed E-state index contributed by atoms with van der Waals surface area (Å²) in [5, 5.41) is 4.82. The van der Waals surface area contributed by atoms with Crippen molar-refractivity contribution in [1.29, 1.82) is 0 Å². The molecule has 4 heteroatoms. The summed E-state index contributed by atoms with van der Waals surface area (Å²) in [6.45, 7) is 3.13. The molecule has 0 saturated heterocycles. The van der Waals surface area contributed by atoms with Crippen molar-refractivity contribution in [1.82, 2.24) is 5.32 Å². The first-order valence-corrected chi connectivity index (χ1v) is 7.73. The van der Waals surface area contributed by atoms with Crippen LogP contribution in [0.4, 0.5) is 0 Å². The fraction of sp³-hybridized carbons (Fsp3) is 0.294. The minimum Gasteiger partial charge on any atom is -0.310 e. The van der Waals surface area contributed by atoms with Crippen molar-refractivity contribution < 1.29 is 0 Å². The highest BCUT2D eigenvalue weighted by molar-refractivity contribution is 6.42. The molecule has 3 rings (SSSR count). The standard InChI is InChI=1S/C17H17Cl2N.ClH/c1-2-20-17-10-14(12-5-3-4-6-13(12)17)11-7-8-15(18)16(19)9-11;/h3-9,14,17,20H,2,10H2,1H3;1H. The molecule has 0 heterocycles. The monoisotopic (exact) mass is 341 g/mol. The van der Waals surface area contributed by atoms with E-state index in [-0.39, 0.29) is 12.4 Å². The van der Waals surface area contributed by atoms with Gasteiger partial charge in [-0.2, -0.15) is 0 Å². The van der Waals surface area contributed by atoms with E-state index in [1.165, 1.54) is 16.7 Å². The van der Waals surface area contributed by atoms with Gasteiger partial charge in [0.2, 0.25) is 0 Å². The van der Waals surface area contributed by atoms with Crippen molar-refractivity contribution in [3.8, 4) is 0 Å². The summed E-state index contributed by atoms with van der Waals surface area (Å²) in [6, 6.07) is 15.1. The molecule has 2 aromatic carbocycles. The van der Waals surface area contributed by atoms with Gasteiger partial charge in [-0.1, -0.05) is 60.5 Å². The van der Waals surface area contributed by atoms with Crippen LogP contribution in [-0.2, 0) is 0 Å². The fourth-order valence-corrected chi connectivity index (χ4v) is 3.43. The molecule has 0 amide bonds. The summed E-state index contributed by atoms with van der Waals surface area (Å²) in [4.78, 5) is 0. The second-order valence-electron chi connectivity index (χ2n) is 5.20. The average molecular weight is 343 g/mol. The third-order valence-electron chi connectivity index (χ3n) is 4.01. The van der Waals surface area contributed by atoms with Crippen LogP contribution < -0.4 is 5.32 Å². The Bertz CT molecular complexity index is 627. The molecule has 0 aromatic heterocycles. The third kappa shape index (κ3) is 3.22. The van der Waals surface area contributed by atoms with Gasteiger partial charge in [-0.15, -0.1) is 12.4 Å². The van der Waals surface area contributed by atoms with Crippen LogP contribution in [0.25, 0.3) is 0 Å². The van der Waals surface area contributed by atoms with Crippen molar-refractivity contribution in [2.24, 2.45) is 0 Å². The highest BCUT2D eigenvalue weighted by Crippen LogP contribution is 2.44. The van der Waals surface area contributed by atoms with Crippen molar-refractivity contribution in [3.63, 3.8) is 0 Å². The molecule has 21 heavy (non-hydrogen) atoms. The minimum absolute atomic E-state index is 0. The van der Waals surface area contributed by atoms with Crippen LogP contribution in [0.2, 0.25) is 10.0 Å². The van der Waals surface area contributed by atoms with E-state index in [0.717, 1.165) is 13.0 Å². The van der Waals surface area contributed by atoms with Gasteiger partial charge in [0, 0.05) is 12.0 Å². The van der Waals surface area contributed by atoms with Gasteiger partial charge in [0.05, 0.1) is 10.0 Å². The Balaban J connectivity index is 0.00000161. The van der Waals surface area contributed by atoms with Gasteiger partial charge in [0.15, 0.2) is 0 Å². The zero-order valence-corrected chi connectivity index (χ0v) is 14.1. The van der Waals surface area contributed by atoms with E-state index >= 15 is 0 Å². The van der Waals surface area contributed by atoms with Crippen molar-refractivity contribution in [3.05, 3.63) is 69.2 Å². The van der Waals surface area contributed by atoms with Gasteiger partial charge >= 0.3 is 0 Å². The van der Waals surface area contributed by atoms with Gasteiger partial charge in [0.1, 0.15) is 0 Å². The Morgan fingerprint density at radius 1 is 1.05 bits per heavy atom. The predicted molar refractivity (Wildman–Crippen MR) is 93.0 cm³/mol. The second-order valence-corrected chi connectivity index (χ2v) is 6.02. The molecule has 1 nitrogen and oxygen atoms in total. The molecule has 1 aliphatic rings. The summed E-state index contributed by atoms with van der Waals surface area (Å²) in [5.41, 5.74) is 4.05. The zero-order chi connectivity index (χ0) is 14.1. The van der Waals surface area contributed by atoms with Crippen LogP contribution in [0.15, 0.2) is 42.5 Å². The van der Waals surface area contributed by atoms with Gasteiger partial charge in [0.25, 0.3) is 0 Å². The molecule has 2 unspecified atom stereocenters. The smallest absolute Gasteiger partial charge is 0.0595 e. The van der Waals surface area contributed by atoms with E-state index in [9.17, 15) is 0 Å². The number of rotatable bonds is 3. The first kappa shape index (κ1) is 16.6. The van der Waals surface area contributed by atoms with E-state index in [1.807, 2.05) is 12.1 Å². The van der Waals surface area contributed by atoms with Crippen LogP contribution in [0.5, 0.6) is 0 Å². The van der Waals surface area contributed by atoms with E-state index in [1.54, 1.807) is 0 Å². The molecule has 2 aromatic rings. The van der Waals surface area contributed by atoms with Crippen LogP contribution in [0.3, 0.4) is 0 Å². The Hall–Kier alpha value is -0.730. The number of nitrogens with one attached hydrogen (secondary N) is 1. The molecule has 1 aliphatic carbocycles. The molecule has 0 saturated carbocycles. The van der Waals surface area contributed by atoms with Crippen molar-refractivity contribution in [2.45, 2.75) is 25.3 Å². The number of hydrogen-bond donors (Lipinski definition) is 1. The largest absolute Gasteiger partial charge is 0.310 e. The molecule has 2 atom stereocenters. The molecule has 0 bridgehead atoms. The van der Waals surface area contributed by atoms with Crippen LogP contribution in [-0.4, -0.2) is 6.54 Å². The molecule has 112 valence electrons. The Morgan fingerprint density at radius 3 is 2.43 bits per heavy atom. The normalized spacial score (nSPS) is 20.0. The molecular formula is C17H18Cl3N. The van der Waals surface area contributed by atoms with E-state index in [4.69, 9.17) is 23.2 Å². The summed E-state index contributed by atoms with van der Waals surface area (Å²) in [7, 11) is 0. The van der Waals surface area contributed by atoms with Crippen molar-refractivity contribution >= 4 is 35.6 Å². The Labute approximate surface area is 142 Å². The number of hydrogen-bond acceptors (Lipinski definition) is 1. The number of fused-ring (bicyclic) bond motifs is 1. The Morgan fingerprint density at radius 2 is 1.76 bits per heavy atom. The maximum Gasteiger partial charge on any atom is 0.0595 e. The van der Waals surface area contributed by atoms with Crippen LogP contribution in [0.1, 0.15) is 42.0 Å². The molecule has 0 radical (unpaired) electrons. The van der Waals surface area contributed by atoms with E-state index in [0.29, 0.717) is 22.0 Å². The molecule has 0 spiro atoms. The lowest BCUT2D eigenvalue weighted by Gasteiger charge is -2.14. The summed E-state index contributed by atoms with van der Waals surface area (Å²) in [5.74, 6) is 0.394. The summed E-state index contributed by atoms with van der Waals surface area (Å²) >= 11 is 12.2. The van der Waals surface area contributed by atoms with E-state index in [2.05, 4.69) is 42.6 Å². The SMILES string of the molecule is CCNC1CC(c2ccc(Cl)c(Cl)c2)c2ccccc21.Cl. The van der Waals surface area contributed by atoms with Crippen LogP contribution in [0, 0.1) is 0 Å². The number of halogens is 3. The third-order valence-corrected chi connectivity index (χ3v) is 4.75. The lowest BCUT2D eigenvalue weighted by atomic mass is 9.93. The highest BCUT2D eigenvalue weighted by atomic mass is 35.5. The lowest BCUT2D eigenvalue weighted by Crippen LogP contribution is -2.18. The fourth-order valence-electron chi connectivity index (χ4n) is 3.12. The lowest BCUT2D eigenvalue weighted by molar-refractivity contribution is 0.530. The minimum atomic E-state index is 0. The highest BCUT2D eigenvalue weighted by Gasteiger charge is 2.31. The second kappa shape index (κ2) is 7.02. The molecular weight excluding hydrogens is 325 g/mol. The molecule has 0 fully saturated rings. The molecule has 0 aliphatic heterocycles. The number of benzene rings is 2.